The molecule has 238 valence electrons. The average molecular weight is 660 g/mol. The zero-order chi connectivity index (χ0) is 33.0. The molecule has 10 heteroatoms. The minimum Gasteiger partial charge on any atom is -0.494 e. The van der Waals surface area contributed by atoms with E-state index < -0.39 is 5.97 Å². The SMILES string of the molecule is Cc1cc(OCCCc2c3n(c4c(-c5c(C)nn(C)c5C)c(Cl)ccc24)CC(C)N(c2cccc(C(=O)O)c2)C3=O)cc(C)c1Cl. The molecular weight excluding hydrogens is 623 g/mol. The van der Waals surface area contributed by atoms with Gasteiger partial charge in [-0.05, 0) is 101 Å². The first kappa shape index (κ1) is 31.7. The smallest absolute Gasteiger partial charge is 0.335 e. The fourth-order valence-corrected chi connectivity index (χ4v) is 7.15. The van der Waals surface area contributed by atoms with Crippen molar-refractivity contribution in [2.45, 2.75) is 60.0 Å². The maximum Gasteiger partial charge on any atom is 0.335 e. The van der Waals surface area contributed by atoms with Gasteiger partial charge in [0, 0.05) is 46.5 Å². The summed E-state index contributed by atoms with van der Waals surface area (Å²) in [4.78, 5) is 28.1. The molecule has 3 aromatic carbocycles. The van der Waals surface area contributed by atoms with Crippen molar-refractivity contribution in [3.63, 3.8) is 0 Å². The van der Waals surface area contributed by atoms with Crippen LogP contribution >= 0.6 is 23.2 Å². The van der Waals surface area contributed by atoms with Gasteiger partial charge in [-0.3, -0.25) is 9.48 Å². The summed E-state index contributed by atoms with van der Waals surface area (Å²) < 4.78 is 10.1. The first-order valence-electron chi connectivity index (χ1n) is 15.3. The number of carbonyl (C=O) groups is 2. The molecule has 0 radical (unpaired) electrons. The second-order valence-corrected chi connectivity index (χ2v) is 12.9. The molecule has 0 bridgehead atoms. The van der Waals surface area contributed by atoms with Crippen LogP contribution in [0.15, 0.2) is 48.5 Å². The van der Waals surface area contributed by atoms with Crippen molar-refractivity contribution in [1.82, 2.24) is 14.3 Å². The quantitative estimate of drug-likeness (QED) is 0.169. The number of carboxylic acid groups (broad SMARTS) is 1. The number of halogens is 2. The Balaban J connectivity index is 1.47. The molecule has 1 amide bonds. The van der Waals surface area contributed by atoms with Crippen LogP contribution in [0.1, 0.15) is 62.3 Å². The molecule has 0 spiro atoms. The van der Waals surface area contributed by atoms with Crippen molar-refractivity contribution in [2.24, 2.45) is 7.05 Å². The van der Waals surface area contributed by atoms with E-state index in [4.69, 9.17) is 27.9 Å². The second kappa shape index (κ2) is 12.2. The Labute approximate surface area is 278 Å². The summed E-state index contributed by atoms with van der Waals surface area (Å²) >= 11 is 13.3. The molecule has 1 atom stereocenters. The van der Waals surface area contributed by atoms with Gasteiger partial charge in [0.1, 0.15) is 11.4 Å². The molecule has 0 saturated heterocycles. The maximum absolute atomic E-state index is 14.6. The van der Waals surface area contributed by atoms with Crippen LogP contribution in [-0.4, -0.2) is 44.0 Å². The number of benzene rings is 3. The highest BCUT2D eigenvalue weighted by Crippen LogP contribution is 2.44. The van der Waals surface area contributed by atoms with Crippen molar-refractivity contribution < 1.29 is 19.4 Å². The molecule has 8 nitrogen and oxygen atoms in total. The number of hydrogen-bond acceptors (Lipinski definition) is 4. The molecule has 1 N–H and O–H groups in total. The maximum atomic E-state index is 14.6. The highest BCUT2D eigenvalue weighted by atomic mass is 35.5. The third-order valence-corrected chi connectivity index (χ3v) is 9.88. The van der Waals surface area contributed by atoms with Crippen LogP contribution in [0.2, 0.25) is 10.0 Å². The van der Waals surface area contributed by atoms with Gasteiger partial charge in [-0.2, -0.15) is 5.10 Å². The molecule has 2 aromatic heterocycles. The Morgan fingerprint density at radius 1 is 1.04 bits per heavy atom. The Hall–Kier alpha value is -4.27. The molecule has 6 rings (SSSR count). The monoisotopic (exact) mass is 658 g/mol. The Morgan fingerprint density at radius 3 is 2.41 bits per heavy atom. The lowest BCUT2D eigenvalue weighted by molar-refractivity contribution is 0.0696. The number of amides is 1. The third kappa shape index (κ3) is 5.33. The minimum absolute atomic E-state index is 0.130. The standard InChI is InChI=1S/C36H36Cl2N4O4/c1-19-15-26(16-20(2)32(19)38)46-14-8-11-27-28-12-13-29(37)31(30-22(4)39-40(6)23(30)5)33(28)41-18-21(3)42(35(43)34(27)41)25-10-7-9-24(17-25)36(44)45/h7,9-10,12-13,15-17,21H,8,11,14,18H2,1-6H3,(H,44,45). The summed E-state index contributed by atoms with van der Waals surface area (Å²) in [5, 5.41) is 16.6. The fraction of sp³-hybridized carbons (Fsp3) is 0.306. The van der Waals surface area contributed by atoms with Crippen LogP contribution in [-0.2, 0) is 20.0 Å². The lowest BCUT2D eigenvalue weighted by atomic mass is 9.98. The van der Waals surface area contributed by atoms with Gasteiger partial charge >= 0.3 is 5.97 Å². The summed E-state index contributed by atoms with van der Waals surface area (Å²) in [7, 11) is 1.91. The lowest BCUT2D eigenvalue weighted by Gasteiger charge is -2.35. The number of aromatic nitrogens is 3. The number of fused-ring (bicyclic) bond motifs is 3. The van der Waals surface area contributed by atoms with Gasteiger partial charge < -0.3 is 19.3 Å². The lowest BCUT2D eigenvalue weighted by Crippen LogP contribution is -2.47. The summed E-state index contributed by atoms with van der Waals surface area (Å²) in [5.41, 5.74) is 8.65. The minimum atomic E-state index is -1.04. The number of carbonyl (C=O) groups excluding carboxylic acids is 1. The van der Waals surface area contributed by atoms with Gasteiger partial charge in [-0.25, -0.2) is 4.79 Å². The zero-order valence-electron chi connectivity index (χ0n) is 26.7. The van der Waals surface area contributed by atoms with Crippen LogP contribution in [0.3, 0.4) is 0 Å². The first-order valence-corrected chi connectivity index (χ1v) is 16.0. The van der Waals surface area contributed by atoms with Crippen molar-refractivity contribution >= 4 is 51.7 Å². The van der Waals surface area contributed by atoms with Crippen LogP contribution in [0, 0.1) is 27.7 Å². The largest absolute Gasteiger partial charge is 0.494 e. The van der Waals surface area contributed by atoms with E-state index in [1.807, 2.05) is 70.6 Å². The van der Waals surface area contributed by atoms with E-state index >= 15 is 0 Å². The van der Waals surface area contributed by atoms with Gasteiger partial charge in [-0.1, -0.05) is 35.3 Å². The molecule has 5 aromatic rings. The van der Waals surface area contributed by atoms with Gasteiger partial charge in [-0.15, -0.1) is 0 Å². The highest BCUT2D eigenvalue weighted by molar-refractivity contribution is 6.35. The van der Waals surface area contributed by atoms with E-state index in [1.54, 1.807) is 23.1 Å². The van der Waals surface area contributed by atoms with Gasteiger partial charge in [0.2, 0.25) is 0 Å². The Bertz CT molecular complexity index is 2020. The predicted octanol–water partition coefficient (Wildman–Crippen LogP) is 8.34. The normalized spacial score (nSPS) is 14.7. The molecule has 0 fully saturated rings. The van der Waals surface area contributed by atoms with Crippen molar-refractivity contribution in [2.75, 3.05) is 11.5 Å². The molecule has 0 aliphatic carbocycles. The number of aromatic carboxylic acids is 1. The number of nitrogens with zero attached hydrogens (tertiary/aromatic N) is 4. The van der Waals surface area contributed by atoms with E-state index in [2.05, 4.69) is 9.67 Å². The Kier molecular flexibility index (Phi) is 8.38. The van der Waals surface area contributed by atoms with Gasteiger partial charge in [0.25, 0.3) is 5.91 Å². The number of rotatable bonds is 8. The van der Waals surface area contributed by atoms with E-state index in [-0.39, 0.29) is 17.5 Å². The summed E-state index contributed by atoms with van der Waals surface area (Å²) in [6, 6.07) is 14.1. The Morgan fingerprint density at radius 2 is 1.76 bits per heavy atom. The number of anilines is 1. The zero-order valence-corrected chi connectivity index (χ0v) is 28.3. The molecule has 0 saturated carbocycles. The van der Waals surface area contributed by atoms with Crippen LogP contribution in [0.25, 0.3) is 22.0 Å². The van der Waals surface area contributed by atoms with Crippen LogP contribution in [0.5, 0.6) is 5.75 Å². The molecule has 1 aliphatic heterocycles. The third-order valence-electron chi connectivity index (χ3n) is 8.97. The van der Waals surface area contributed by atoms with Gasteiger partial charge in [0.05, 0.1) is 34.4 Å². The molecular formula is C36H36Cl2N4O4. The van der Waals surface area contributed by atoms with Gasteiger partial charge in [0.15, 0.2) is 0 Å². The topological polar surface area (TPSA) is 89.6 Å². The molecule has 1 unspecified atom stereocenters. The van der Waals surface area contributed by atoms with Crippen molar-refractivity contribution in [3.05, 3.63) is 97.9 Å². The number of aryl methyl sites for hydroxylation is 5. The number of hydrogen-bond donors (Lipinski definition) is 1. The van der Waals surface area contributed by atoms with Crippen molar-refractivity contribution in [3.8, 4) is 16.9 Å². The fourth-order valence-electron chi connectivity index (χ4n) is 6.80. The highest BCUT2D eigenvalue weighted by Gasteiger charge is 2.37. The van der Waals surface area contributed by atoms with E-state index in [0.29, 0.717) is 42.4 Å². The molecule has 46 heavy (non-hydrogen) atoms. The second-order valence-electron chi connectivity index (χ2n) is 12.1. The first-order chi connectivity index (χ1) is 21.9. The van der Waals surface area contributed by atoms with E-state index in [9.17, 15) is 14.7 Å². The number of ether oxygens (including phenoxy) is 1. The summed E-state index contributed by atoms with van der Waals surface area (Å²) in [5.74, 6) is -0.463. The average Bonchev–Trinajstić information content (AvgIpc) is 3.45. The van der Waals surface area contributed by atoms with Crippen molar-refractivity contribution in [1.29, 1.82) is 0 Å². The number of carboxylic acids is 1. The summed E-state index contributed by atoms with van der Waals surface area (Å²) in [6.45, 7) is 10.8. The predicted molar refractivity (Wildman–Crippen MR) is 183 cm³/mol. The molecule has 3 heterocycles. The van der Waals surface area contributed by atoms with Crippen LogP contribution < -0.4 is 9.64 Å². The van der Waals surface area contributed by atoms with Crippen LogP contribution in [0.4, 0.5) is 5.69 Å². The summed E-state index contributed by atoms with van der Waals surface area (Å²) in [6.07, 6.45) is 1.24. The van der Waals surface area contributed by atoms with E-state index in [0.717, 1.165) is 60.9 Å². The molecule has 1 aliphatic rings. The van der Waals surface area contributed by atoms with E-state index in [1.165, 1.54) is 6.07 Å².